The molecule has 0 aliphatic heterocycles. The molecule has 4 nitrogen and oxygen atoms in total. The molecule has 0 saturated heterocycles. The number of esters is 1. The van der Waals surface area contributed by atoms with E-state index in [9.17, 15) is 9.59 Å². The number of ether oxygens (including phenoxy) is 1. The van der Waals surface area contributed by atoms with Crippen LogP contribution in [0.3, 0.4) is 0 Å². The molecule has 0 aromatic heterocycles. The summed E-state index contributed by atoms with van der Waals surface area (Å²) in [6.45, 7) is 1.99. The quantitative estimate of drug-likeness (QED) is 0.350. The lowest BCUT2D eigenvalue weighted by Crippen LogP contribution is -2.11. The molecule has 0 radical (unpaired) electrons. The first-order valence-electron chi connectivity index (χ1n) is 4.68. The van der Waals surface area contributed by atoms with Crippen LogP contribution in [-0.2, 0) is 9.53 Å². The number of benzene rings is 1. The van der Waals surface area contributed by atoms with Crippen molar-refractivity contribution in [3.8, 4) is 0 Å². The van der Waals surface area contributed by atoms with Gasteiger partial charge < -0.3 is 10.5 Å². The van der Waals surface area contributed by atoms with Gasteiger partial charge in [-0.15, -0.1) is 0 Å². The van der Waals surface area contributed by atoms with E-state index >= 15 is 0 Å². The summed E-state index contributed by atoms with van der Waals surface area (Å²) in [5.41, 5.74) is 6.53. The Labute approximate surface area is 88.0 Å². The maximum Gasteiger partial charge on any atom is 0.313 e. The minimum atomic E-state index is -0.501. The standard InChI is InChI=1S/C11H13NO3/c1-2-15-11(14)7-10(13)8-3-5-9(12)6-4-8/h3-6H,2,7,12H2,1H3. The SMILES string of the molecule is CCOC(=O)CC(=O)c1ccc(N)cc1. The fraction of sp³-hybridized carbons (Fsp3) is 0.273. The maximum absolute atomic E-state index is 11.5. The Morgan fingerprint density at radius 1 is 1.27 bits per heavy atom. The van der Waals surface area contributed by atoms with E-state index in [1.165, 1.54) is 0 Å². The molecule has 0 unspecified atom stereocenters. The van der Waals surface area contributed by atoms with E-state index in [0.29, 0.717) is 11.3 Å². The number of Topliss-reactive ketones (excluding diaryl/α,β-unsaturated/α-hetero) is 1. The molecular weight excluding hydrogens is 194 g/mol. The van der Waals surface area contributed by atoms with Crippen molar-refractivity contribution in [3.05, 3.63) is 29.8 Å². The average Bonchev–Trinajstić information content (AvgIpc) is 2.18. The Bertz CT molecular complexity index is 357. The molecule has 0 spiro atoms. The lowest BCUT2D eigenvalue weighted by atomic mass is 10.1. The third kappa shape index (κ3) is 3.42. The summed E-state index contributed by atoms with van der Waals surface area (Å²) in [6.07, 6.45) is -0.224. The molecule has 1 aromatic carbocycles. The minimum Gasteiger partial charge on any atom is -0.466 e. The van der Waals surface area contributed by atoms with E-state index in [1.54, 1.807) is 31.2 Å². The van der Waals surface area contributed by atoms with Crippen molar-refractivity contribution in [2.24, 2.45) is 0 Å². The first-order valence-corrected chi connectivity index (χ1v) is 4.68. The molecule has 0 bridgehead atoms. The summed E-state index contributed by atoms with van der Waals surface area (Å²) in [6, 6.07) is 6.44. The zero-order chi connectivity index (χ0) is 11.3. The van der Waals surface area contributed by atoms with Gasteiger partial charge >= 0.3 is 5.97 Å². The third-order valence-electron chi connectivity index (χ3n) is 1.84. The summed E-state index contributed by atoms with van der Waals surface area (Å²) in [7, 11) is 0. The van der Waals surface area contributed by atoms with Crippen LogP contribution in [0.1, 0.15) is 23.7 Å². The highest BCUT2D eigenvalue weighted by molar-refractivity contribution is 6.06. The average molecular weight is 207 g/mol. The van der Waals surface area contributed by atoms with Crippen LogP contribution >= 0.6 is 0 Å². The summed E-state index contributed by atoms with van der Waals surface area (Å²) in [5.74, 6) is -0.757. The number of nitrogens with two attached hydrogens (primary N) is 1. The number of nitrogen functional groups attached to an aromatic ring is 1. The summed E-state index contributed by atoms with van der Waals surface area (Å²) < 4.78 is 4.67. The largest absolute Gasteiger partial charge is 0.466 e. The topological polar surface area (TPSA) is 69.4 Å². The Kier molecular flexibility index (Phi) is 3.85. The maximum atomic E-state index is 11.5. The molecule has 0 saturated carbocycles. The van der Waals surface area contributed by atoms with Crippen LogP contribution in [0.4, 0.5) is 5.69 Å². The van der Waals surface area contributed by atoms with Gasteiger partial charge in [-0.25, -0.2) is 0 Å². The van der Waals surface area contributed by atoms with Gasteiger partial charge in [0.05, 0.1) is 6.61 Å². The molecule has 80 valence electrons. The highest BCUT2D eigenvalue weighted by Gasteiger charge is 2.11. The Hall–Kier alpha value is -1.84. The molecule has 2 N–H and O–H groups in total. The number of carbonyl (C=O) groups excluding carboxylic acids is 2. The number of rotatable bonds is 4. The fourth-order valence-corrected chi connectivity index (χ4v) is 1.11. The summed E-state index contributed by atoms with van der Waals surface area (Å²) in [4.78, 5) is 22.5. The van der Waals surface area contributed by atoms with Gasteiger partial charge in [0.15, 0.2) is 5.78 Å². The summed E-state index contributed by atoms with van der Waals surface area (Å²) in [5, 5.41) is 0. The lowest BCUT2D eigenvalue weighted by Gasteiger charge is -2.01. The van der Waals surface area contributed by atoms with E-state index in [-0.39, 0.29) is 18.8 Å². The highest BCUT2D eigenvalue weighted by atomic mass is 16.5. The molecule has 0 aliphatic carbocycles. The van der Waals surface area contributed by atoms with Crippen LogP contribution in [0.5, 0.6) is 0 Å². The van der Waals surface area contributed by atoms with Gasteiger partial charge in [0.2, 0.25) is 0 Å². The first kappa shape index (κ1) is 11.2. The van der Waals surface area contributed by atoms with Crippen LogP contribution in [0.2, 0.25) is 0 Å². The van der Waals surface area contributed by atoms with Gasteiger partial charge in [0.25, 0.3) is 0 Å². The van der Waals surface area contributed by atoms with Crippen LogP contribution < -0.4 is 5.73 Å². The van der Waals surface area contributed by atoms with Crippen LogP contribution in [0.25, 0.3) is 0 Å². The van der Waals surface area contributed by atoms with Crippen molar-refractivity contribution in [1.29, 1.82) is 0 Å². The molecule has 0 heterocycles. The molecule has 4 heteroatoms. The fourth-order valence-electron chi connectivity index (χ4n) is 1.11. The molecule has 0 fully saturated rings. The highest BCUT2D eigenvalue weighted by Crippen LogP contribution is 2.08. The molecule has 0 amide bonds. The molecule has 1 aromatic rings. The van der Waals surface area contributed by atoms with Gasteiger partial charge in [-0.05, 0) is 31.2 Å². The monoisotopic (exact) mass is 207 g/mol. The second-order valence-electron chi connectivity index (χ2n) is 3.03. The lowest BCUT2D eigenvalue weighted by molar-refractivity contribution is -0.141. The number of ketones is 1. The van der Waals surface area contributed by atoms with E-state index in [4.69, 9.17) is 5.73 Å². The number of anilines is 1. The number of hydrogen-bond donors (Lipinski definition) is 1. The normalized spacial score (nSPS) is 9.67. The van der Waals surface area contributed by atoms with E-state index < -0.39 is 5.97 Å². The Morgan fingerprint density at radius 2 is 1.87 bits per heavy atom. The van der Waals surface area contributed by atoms with Crippen molar-refractivity contribution in [3.63, 3.8) is 0 Å². The van der Waals surface area contributed by atoms with Gasteiger partial charge in [0.1, 0.15) is 6.42 Å². The number of carbonyl (C=O) groups is 2. The van der Waals surface area contributed by atoms with Crippen molar-refractivity contribution in [2.45, 2.75) is 13.3 Å². The van der Waals surface area contributed by atoms with E-state index in [0.717, 1.165) is 0 Å². The van der Waals surface area contributed by atoms with Crippen LogP contribution in [-0.4, -0.2) is 18.4 Å². The first-order chi connectivity index (χ1) is 7.13. The summed E-state index contributed by atoms with van der Waals surface area (Å²) >= 11 is 0. The molecule has 0 atom stereocenters. The van der Waals surface area contributed by atoms with E-state index in [1.807, 2.05) is 0 Å². The molecule has 0 aliphatic rings. The third-order valence-corrected chi connectivity index (χ3v) is 1.84. The van der Waals surface area contributed by atoms with Crippen molar-refractivity contribution < 1.29 is 14.3 Å². The Morgan fingerprint density at radius 3 is 2.40 bits per heavy atom. The van der Waals surface area contributed by atoms with Crippen molar-refractivity contribution in [2.75, 3.05) is 12.3 Å². The molecule has 15 heavy (non-hydrogen) atoms. The number of hydrogen-bond acceptors (Lipinski definition) is 4. The van der Waals surface area contributed by atoms with Gasteiger partial charge in [0, 0.05) is 11.3 Å². The molecular formula is C11H13NO3. The predicted molar refractivity (Wildman–Crippen MR) is 56.4 cm³/mol. The smallest absolute Gasteiger partial charge is 0.313 e. The minimum absolute atomic E-state index is 0.224. The Balaban J connectivity index is 2.61. The van der Waals surface area contributed by atoms with Crippen molar-refractivity contribution >= 4 is 17.4 Å². The zero-order valence-corrected chi connectivity index (χ0v) is 8.53. The van der Waals surface area contributed by atoms with E-state index in [2.05, 4.69) is 4.74 Å². The zero-order valence-electron chi connectivity index (χ0n) is 8.53. The van der Waals surface area contributed by atoms with Gasteiger partial charge in [-0.2, -0.15) is 0 Å². The van der Waals surface area contributed by atoms with Crippen LogP contribution in [0, 0.1) is 0 Å². The van der Waals surface area contributed by atoms with Crippen molar-refractivity contribution in [1.82, 2.24) is 0 Å². The van der Waals surface area contributed by atoms with Crippen LogP contribution in [0.15, 0.2) is 24.3 Å². The molecule has 1 rings (SSSR count). The van der Waals surface area contributed by atoms with Gasteiger partial charge in [-0.1, -0.05) is 0 Å². The second-order valence-corrected chi connectivity index (χ2v) is 3.03. The predicted octanol–water partition coefficient (Wildman–Crippen LogP) is 1.40. The second kappa shape index (κ2) is 5.14. The van der Waals surface area contributed by atoms with Gasteiger partial charge in [-0.3, -0.25) is 9.59 Å².